The normalized spacial score (nSPS) is 35.1. The lowest BCUT2D eigenvalue weighted by Gasteiger charge is -2.42. The number of aromatic nitrogens is 3. The van der Waals surface area contributed by atoms with Gasteiger partial charge in [0.1, 0.15) is 0 Å². The topological polar surface area (TPSA) is 53.7 Å². The summed E-state index contributed by atoms with van der Waals surface area (Å²) in [5.74, 6) is 0. The highest BCUT2D eigenvalue weighted by molar-refractivity contribution is 5.37. The molecule has 0 spiro atoms. The van der Waals surface area contributed by atoms with E-state index in [1.165, 1.54) is 12.8 Å². The third kappa shape index (κ3) is 1.61. The summed E-state index contributed by atoms with van der Waals surface area (Å²) in [5.41, 5.74) is 0.975. The molecule has 2 aromatic heterocycles. The Labute approximate surface area is 111 Å². The minimum atomic E-state index is -0.745. The van der Waals surface area contributed by atoms with Crippen molar-refractivity contribution in [3.05, 3.63) is 30.2 Å². The zero-order chi connectivity index (χ0) is 13.0. The van der Waals surface area contributed by atoms with Gasteiger partial charge in [-0.3, -0.25) is 0 Å². The molecule has 2 aliphatic heterocycles. The minimum Gasteiger partial charge on any atom is -0.385 e. The van der Waals surface area contributed by atoms with E-state index in [0.717, 1.165) is 24.1 Å². The highest BCUT2D eigenvalue weighted by Crippen LogP contribution is 2.44. The summed E-state index contributed by atoms with van der Waals surface area (Å²) >= 11 is 0. The van der Waals surface area contributed by atoms with Gasteiger partial charge in [-0.2, -0.15) is 5.10 Å². The molecule has 2 atom stereocenters. The van der Waals surface area contributed by atoms with Crippen LogP contribution in [-0.4, -0.2) is 43.7 Å². The van der Waals surface area contributed by atoms with Crippen LogP contribution >= 0.6 is 0 Å². The van der Waals surface area contributed by atoms with Crippen LogP contribution < -0.4 is 0 Å². The van der Waals surface area contributed by atoms with Gasteiger partial charge in [0.15, 0.2) is 5.65 Å². The molecule has 2 aromatic rings. The predicted octanol–water partition coefficient (Wildman–Crippen LogP) is 1.17. The monoisotopic (exact) mass is 258 g/mol. The number of hydrogen-bond acceptors (Lipinski definition) is 4. The molecule has 100 valence electrons. The fourth-order valence-corrected chi connectivity index (χ4v) is 3.73. The maximum Gasteiger partial charge on any atom is 0.154 e. The second-order valence-corrected chi connectivity index (χ2v) is 5.97. The predicted molar refractivity (Wildman–Crippen MR) is 70.7 cm³/mol. The highest BCUT2D eigenvalue weighted by Gasteiger charge is 2.47. The smallest absolute Gasteiger partial charge is 0.154 e. The third-order valence-electron chi connectivity index (χ3n) is 4.92. The van der Waals surface area contributed by atoms with Crippen LogP contribution in [0.15, 0.2) is 24.7 Å². The van der Waals surface area contributed by atoms with Crippen molar-refractivity contribution in [2.45, 2.75) is 43.4 Å². The van der Waals surface area contributed by atoms with E-state index in [9.17, 15) is 5.11 Å². The molecule has 2 aliphatic rings. The summed E-state index contributed by atoms with van der Waals surface area (Å²) in [5, 5.41) is 15.2. The molecule has 19 heavy (non-hydrogen) atoms. The fraction of sp³-hybridized carbons (Fsp3) is 0.571. The quantitative estimate of drug-likeness (QED) is 0.834. The van der Waals surface area contributed by atoms with Gasteiger partial charge in [0.2, 0.25) is 0 Å². The molecule has 2 bridgehead atoms. The van der Waals surface area contributed by atoms with E-state index >= 15 is 0 Å². The lowest BCUT2D eigenvalue weighted by Crippen LogP contribution is -2.47. The molecule has 5 heteroatoms. The molecule has 0 radical (unpaired) electrons. The summed E-state index contributed by atoms with van der Waals surface area (Å²) in [7, 11) is 2.18. The van der Waals surface area contributed by atoms with E-state index in [1.807, 2.05) is 18.5 Å². The van der Waals surface area contributed by atoms with E-state index < -0.39 is 5.60 Å². The molecule has 0 aromatic carbocycles. The van der Waals surface area contributed by atoms with Crippen molar-refractivity contribution in [1.82, 2.24) is 19.5 Å². The maximum atomic E-state index is 11.0. The van der Waals surface area contributed by atoms with Crippen LogP contribution in [0.2, 0.25) is 0 Å². The van der Waals surface area contributed by atoms with Gasteiger partial charge in [0.25, 0.3) is 0 Å². The van der Waals surface area contributed by atoms with Gasteiger partial charge in [-0.05, 0) is 32.7 Å². The van der Waals surface area contributed by atoms with Crippen LogP contribution in [0.4, 0.5) is 0 Å². The summed E-state index contributed by atoms with van der Waals surface area (Å²) < 4.78 is 1.74. The Morgan fingerprint density at radius 1 is 1.32 bits per heavy atom. The van der Waals surface area contributed by atoms with Crippen LogP contribution in [0.1, 0.15) is 31.2 Å². The summed E-state index contributed by atoms with van der Waals surface area (Å²) in [4.78, 5) is 6.80. The largest absolute Gasteiger partial charge is 0.385 e. The molecule has 0 saturated carbocycles. The zero-order valence-electron chi connectivity index (χ0n) is 11.0. The number of rotatable bonds is 1. The van der Waals surface area contributed by atoms with Crippen LogP contribution in [-0.2, 0) is 5.60 Å². The van der Waals surface area contributed by atoms with Crippen molar-refractivity contribution >= 4 is 5.65 Å². The molecular weight excluding hydrogens is 240 g/mol. The van der Waals surface area contributed by atoms with E-state index in [-0.39, 0.29) is 0 Å². The third-order valence-corrected chi connectivity index (χ3v) is 4.92. The SMILES string of the molecule is CN1C2CCC1CC(O)(c1cnc3ccnn3c1)C2. The molecule has 2 fully saturated rings. The number of hydrogen-bond donors (Lipinski definition) is 1. The molecule has 2 unspecified atom stereocenters. The second-order valence-electron chi connectivity index (χ2n) is 5.97. The van der Waals surface area contributed by atoms with Gasteiger partial charge < -0.3 is 10.0 Å². The Hall–Kier alpha value is -1.46. The zero-order valence-corrected chi connectivity index (χ0v) is 11.0. The maximum absolute atomic E-state index is 11.0. The minimum absolute atomic E-state index is 0.497. The van der Waals surface area contributed by atoms with E-state index in [4.69, 9.17) is 0 Å². The molecule has 4 heterocycles. The first kappa shape index (κ1) is 11.4. The Bertz CT molecular complexity index is 609. The number of piperidine rings is 1. The van der Waals surface area contributed by atoms with Gasteiger partial charge in [-0.1, -0.05) is 0 Å². The Morgan fingerprint density at radius 3 is 2.79 bits per heavy atom. The Balaban J connectivity index is 1.74. The second kappa shape index (κ2) is 3.77. The first-order chi connectivity index (χ1) is 9.16. The van der Waals surface area contributed by atoms with E-state index in [0.29, 0.717) is 12.1 Å². The van der Waals surface area contributed by atoms with Crippen molar-refractivity contribution in [1.29, 1.82) is 0 Å². The summed E-state index contributed by atoms with van der Waals surface area (Å²) in [6.45, 7) is 0. The standard InChI is InChI=1S/C14H18N4O/c1-17-11-2-3-12(17)7-14(19,6-11)10-8-15-13-4-5-16-18(13)9-10/h4-5,8-9,11-12,19H,2-3,6-7H2,1H3. The van der Waals surface area contributed by atoms with Crippen LogP contribution in [0.5, 0.6) is 0 Å². The molecule has 5 nitrogen and oxygen atoms in total. The van der Waals surface area contributed by atoms with E-state index in [1.54, 1.807) is 10.7 Å². The average molecular weight is 258 g/mol. The molecule has 0 amide bonds. The van der Waals surface area contributed by atoms with Crippen LogP contribution in [0.3, 0.4) is 0 Å². The molecule has 1 N–H and O–H groups in total. The van der Waals surface area contributed by atoms with Gasteiger partial charge in [-0.25, -0.2) is 9.50 Å². The molecule has 4 rings (SSSR count). The number of aliphatic hydroxyl groups is 1. The molecule has 0 aliphatic carbocycles. The van der Waals surface area contributed by atoms with Crippen molar-refractivity contribution in [3.63, 3.8) is 0 Å². The average Bonchev–Trinajstić information content (AvgIpc) is 2.94. The van der Waals surface area contributed by atoms with E-state index in [2.05, 4.69) is 22.0 Å². The molecule has 2 saturated heterocycles. The lowest BCUT2D eigenvalue weighted by molar-refractivity contribution is -0.0498. The van der Waals surface area contributed by atoms with Crippen LogP contribution in [0.25, 0.3) is 5.65 Å². The van der Waals surface area contributed by atoms with Crippen LogP contribution in [0, 0.1) is 0 Å². The van der Waals surface area contributed by atoms with Gasteiger partial charge in [0, 0.05) is 36.1 Å². The fourth-order valence-electron chi connectivity index (χ4n) is 3.73. The summed E-state index contributed by atoms with van der Waals surface area (Å²) in [6.07, 6.45) is 9.45. The van der Waals surface area contributed by atoms with Crippen molar-refractivity contribution in [2.24, 2.45) is 0 Å². The molecular formula is C14H18N4O. The van der Waals surface area contributed by atoms with Gasteiger partial charge in [-0.15, -0.1) is 0 Å². The van der Waals surface area contributed by atoms with Crippen molar-refractivity contribution < 1.29 is 5.11 Å². The Morgan fingerprint density at radius 2 is 2.05 bits per heavy atom. The van der Waals surface area contributed by atoms with Gasteiger partial charge in [0.05, 0.1) is 11.8 Å². The lowest BCUT2D eigenvalue weighted by atomic mass is 9.82. The number of nitrogens with zero attached hydrogens (tertiary/aromatic N) is 4. The Kier molecular flexibility index (Phi) is 2.26. The van der Waals surface area contributed by atoms with Gasteiger partial charge >= 0.3 is 0 Å². The van der Waals surface area contributed by atoms with Crippen molar-refractivity contribution in [3.8, 4) is 0 Å². The first-order valence-corrected chi connectivity index (χ1v) is 6.90. The highest BCUT2D eigenvalue weighted by atomic mass is 16.3. The summed E-state index contributed by atoms with van der Waals surface area (Å²) in [6, 6.07) is 2.86. The number of fused-ring (bicyclic) bond motifs is 3. The van der Waals surface area contributed by atoms with Crippen molar-refractivity contribution in [2.75, 3.05) is 7.05 Å². The first-order valence-electron chi connectivity index (χ1n) is 6.90.